The lowest BCUT2D eigenvalue weighted by molar-refractivity contribution is -0.136. The van der Waals surface area contributed by atoms with Crippen molar-refractivity contribution >= 4 is 23.4 Å². The van der Waals surface area contributed by atoms with Crippen LogP contribution < -0.4 is 15.6 Å². The van der Waals surface area contributed by atoms with Crippen LogP contribution in [0.15, 0.2) is 48.5 Å². The molecule has 132 valence electrons. The van der Waals surface area contributed by atoms with Gasteiger partial charge in [0.15, 0.2) is 12.7 Å². The monoisotopic (exact) mass is 362 g/mol. The van der Waals surface area contributed by atoms with Gasteiger partial charge < -0.3 is 9.47 Å². The van der Waals surface area contributed by atoms with E-state index in [0.717, 1.165) is 5.56 Å². The molecular formula is C18H19ClN2O4. The normalized spacial score (nSPS) is 11.5. The summed E-state index contributed by atoms with van der Waals surface area (Å²) < 4.78 is 10.6. The van der Waals surface area contributed by atoms with Crippen LogP contribution in [0, 0.1) is 6.92 Å². The van der Waals surface area contributed by atoms with Crippen molar-refractivity contribution in [1.82, 2.24) is 10.9 Å². The maximum atomic E-state index is 12.1. The van der Waals surface area contributed by atoms with Gasteiger partial charge in [-0.2, -0.15) is 0 Å². The number of methoxy groups -OCH3 is 1. The van der Waals surface area contributed by atoms with Gasteiger partial charge in [-0.1, -0.05) is 41.9 Å². The van der Waals surface area contributed by atoms with Crippen molar-refractivity contribution in [2.75, 3.05) is 13.7 Å². The van der Waals surface area contributed by atoms with E-state index in [1.54, 1.807) is 42.5 Å². The third-order valence-electron chi connectivity index (χ3n) is 3.40. The van der Waals surface area contributed by atoms with Gasteiger partial charge in [-0.15, -0.1) is 0 Å². The van der Waals surface area contributed by atoms with Gasteiger partial charge in [0, 0.05) is 12.1 Å². The van der Waals surface area contributed by atoms with Gasteiger partial charge in [0.05, 0.1) is 0 Å². The number of amides is 2. The van der Waals surface area contributed by atoms with Crippen molar-refractivity contribution in [1.29, 1.82) is 0 Å². The Balaban J connectivity index is 1.83. The van der Waals surface area contributed by atoms with E-state index in [2.05, 4.69) is 10.9 Å². The summed E-state index contributed by atoms with van der Waals surface area (Å²) in [4.78, 5) is 24.0. The van der Waals surface area contributed by atoms with Crippen LogP contribution in [0.1, 0.15) is 17.2 Å². The van der Waals surface area contributed by atoms with Crippen molar-refractivity contribution in [3.8, 4) is 5.75 Å². The summed E-state index contributed by atoms with van der Waals surface area (Å²) in [6, 6.07) is 14.1. The molecule has 7 heteroatoms. The molecule has 1 atom stereocenters. The zero-order chi connectivity index (χ0) is 18.2. The van der Waals surface area contributed by atoms with E-state index < -0.39 is 17.9 Å². The van der Waals surface area contributed by atoms with Gasteiger partial charge in [-0.05, 0) is 36.2 Å². The number of rotatable bonds is 6. The van der Waals surface area contributed by atoms with E-state index in [1.165, 1.54) is 7.11 Å². The van der Waals surface area contributed by atoms with Crippen LogP contribution in [0.3, 0.4) is 0 Å². The highest BCUT2D eigenvalue weighted by atomic mass is 35.5. The minimum absolute atomic E-state index is 0.244. The molecule has 0 aliphatic rings. The number of hydrazine groups is 1. The number of hydrogen-bond acceptors (Lipinski definition) is 4. The molecular weight excluding hydrogens is 344 g/mol. The molecule has 2 rings (SSSR count). The highest BCUT2D eigenvalue weighted by Crippen LogP contribution is 2.21. The molecule has 0 saturated carbocycles. The smallest absolute Gasteiger partial charge is 0.276 e. The molecule has 0 aliphatic carbocycles. The predicted octanol–water partition coefficient (Wildman–Crippen LogP) is 2.56. The van der Waals surface area contributed by atoms with Crippen molar-refractivity contribution in [2.45, 2.75) is 13.0 Å². The minimum atomic E-state index is -0.819. The first-order valence-electron chi connectivity index (χ1n) is 7.56. The fourth-order valence-electron chi connectivity index (χ4n) is 2.17. The van der Waals surface area contributed by atoms with Crippen LogP contribution >= 0.6 is 11.6 Å². The minimum Gasteiger partial charge on any atom is -0.483 e. The molecule has 0 heterocycles. The number of nitrogens with one attached hydrogen (secondary N) is 2. The highest BCUT2D eigenvalue weighted by Gasteiger charge is 2.20. The van der Waals surface area contributed by atoms with Crippen LogP contribution in [0.25, 0.3) is 0 Å². The average Bonchev–Trinajstić information content (AvgIpc) is 2.61. The van der Waals surface area contributed by atoms with Gasteiger partial charge in [-0.3, -0.25) is 20.4 Å². The van der Waals surface area contributed by atoms with E-state index >= 15 is 0 Å². The summed E-state index contributed by atoms with van der Waals surface area (Å²) in [5, 5.41) is 0.591. The Morgan fingerprint density at radius 1 is 1.12 bits per heavy atom. The van der Waals surface area contributed by atoms with Crippen LogP contribution in [0.5, 0.6) is 5.75 Å². The first-order valence-corrected chi connectivity index (χ1v) is 7.94. The summed E-state index contributed by atoms with van der Waals surface area (Å²) in [5.74, 6) is -0.430. The third kappa shape index (κ3) is 5.48. The molecule has 0 spiro atoms. The summed E-state index contributed by atoms with van der Waals surface area (Å²) in [6.07, 6.45) is -0.819. The van der Waals surface area contributed by atoms with Crippen LogP contribution in [-0.2, 0) is 14.3 Å². The molecule has 2 aromatic rings. The zero-order valence-electron chi connectivity index (χ0n) is 13.9. The van der Waals surface area contributed by atoms with Crippen molar-refractivity contribution in [3.63, 3.8) is 0 Å². The van der Waals surface area contributed by atoms with Gasteiger partial charge in [-0.25, -0.2) is 0 Å². The molecule has 0 saturated heterocycles. The molecule has 2 N–H and O–H groups in total. The Bertz CT molecular complexity index is 737. The lowest BCUT2D eigenvalue weighted by Crippen LogP contribution is -2.46. The summed E-state index contributed by atoms with van der Waals surface area (Å²) in [6.45, 7) is 1.58. The number of halogens is 1. The topological polar surface area (TPSA) is 76.7 Å². The summed E-state index contributed by atoms with van der Waals surface area (Å²) in [7, 11) is 1.42. The van der Waals surface area contributed by atoms with Gasteiger partial charge in [0.25, 0.3) is 11.8 Å². The van der Waals surface area contributed by atoms with E-state index in [1.807, 2.05) is 13.0 Å². The molecule has 0 radical (unpaired) electrons. The van der Waals surface area contributed by atoms with Crippen LogP contribution in [0.2, 0.25) is 5.02 Å². The Morgan fingerprint density at radius 3 is 2.48 bits per heavy atom. The number of carbonyl (C=O) groups is 2. The zero-order valence-corrected chi connectivity index (χ0v) is 14.7. The molecule has 0 aliphatic heterocycles. The number of benzene rings is 2. The highest BCUT2D eigenvalue weighted by molar-refractivity contribution is 6.30. The second-order valence-corrected chi connectivity index (χ2v) is 5.70. The fourth-order valence-corrected chi connectivity index (χ4v) is 2.40. The largest absolute Gasteiger partial charge is 0.483 e. The third-order valence-corrected chi connectivity index (χ3v) is 3.63. The SMILES string of the molecule is CO[C@@H](C(=O)NNC(=O)COc1ccc(Cl)cc1C)c1ccccc1. The van der Waals surface area contributed by atoms with E-state index in [9.17, 15) is 9.59 Å². The lowest BCUT2D eigenvalue weighted by Gasteiger charge is -2.16. The molecule has 25 heavy (non-hydrogen) atoms. The average molecular weight is 363 g/mol. The maximum absolute atomic E-state index is 12.1. The Kier molecular flexibility index (Phi) is 6.80. The van der Waals surface area contributed by atoms with Crippen molar-refractivity contribution in [2.24, 2.45) is 0 Å². The number of carbonyl (C=O) groups excluding carboxylic acids is 2. The van der Waals surface area contributed by atoms with Crippen molar-refractivity contribution in [3.05, 3.63) is 64.7 Å². The molecule has 6 nitrogen and oxygen atoms in total. The van der Waals surface area contributed by atoms with Crippen molar-refractivity contribution < 1.29 is 19.1 Å². The Morgan fingerprint density at radius 2 is 1.84 bits per heavy atom. The van der Waals surface area contributed by atoms with E-state index in [4.69, 9.17) is 21.1 Å². The lowest BCUT2D eigenvalue weighted by atomic mass is 10.1. The molecule has 2 amide bonds. The fraction of sp³-hybridized carbons (Fsp3) is 0.222. The predicted molar refractivity (Wildman–Crippen MR) is 94.2 cm³/mol. The molecule has 2 aromatic carbocycles. The first kappa shape index (κ1) is 18.8. The quantitative estimate of drug-likeness (QED) is 0.774. The summed E-state index contributed by atoms with van der Waals surface area (Å²) in [5.41, 5.74) is 6.12. The maximum Gasteiger partial charge on any atom is 0.276 e. The summed E-state index contributed by atoms with van der Waals surface area (Å²) >= 11 is 5.86. The van der Waals surface area contributed by atoms with Gasteiger partial charge in [0.1, 0.15) is 5.75 Å². The van der Waals surface area contributed by atoms with Gasteiger partial charge >= 0.3 is 0 Å². The molecule has 0 unspecified atom stereocenters. The number of hydrogen-bond donors (Lipinski definition) is 2. The van der Waals surface area contributed by atoms with Gasteiger partial charge in [0.2, 0.25) is 0 Å². The second kappa shape index (κ2) is 9.05. The number of ether oxygens (including phenoxy) is 2. The molecule has 0 bridgehead atoms. The standard InChI is InChI=1S/C18H19ClN2O4/c1-12-10-14(19)8-9-15(12)25-11-16(22)20-21-18(23)17(24-2)13-6-4-3-5-7-13/h3-10,17H,11H2,1-2H3,(H,20,22)(H,21,23)/t17-/m1/s1. The van der Waals surface area contributed by atoms with E-state index in [0.29, 0.717) is 16.3 Å². The Labute approximate surface area is 151 Å². The van der Waals surface area contributed by atoms with E-state index in [-0.39, 0.29) is 6.61 Å². The van der Waals surface area contributed by atoms with Crippen LogP contribution in [0.4, 0.5) is 0 Å². The van der Waals surface area contributed by atoms with Crippen LogP contribution in [-0.4, -0.2) is 25.5 Å². The number of aryl methyl sites for hydroxylation is 1. The molecule has 0 fully saturated rings. The molecule has 0 aromatic heterocycles. The second-order valence-electron chi connectivity index (χ2n) is 5.26. The Hall–Kier alpha value is -2.57. The first-order chi connectivity index (χ1) is 12.0.